The predicted octanol–water partition coefficient (Wildman–Crippen LogP) is 3.71. The van der Waals surface area contributed by atoms with Crippen molar-refractivity contribution in [1.82, 2.24) is 19.1 Å². The van der Waals surface area contributed by atoms with Gasteiger partial charge in [0.1, 0.15) is 24.0 Å². The summed E-state index contributed by atoms with van der Waals surface area (Å²) in [5.74, 6) is 1.72. The van der Waals surface area contributed by atoms with Gasteiger partial charge < -0.3 is 9.30 Å². The van der Waals surface area contributed by atoms with Crippen molar-refractivity contribution < 1.29 is 9.13 Å². The topological polar surface area (TPSA) is 61.9 Å². The zero-order chi connectivity index (χ0) is 20.0. The summed E-state index contributed by atoms with van der Waals surface area (Å²) in [6.45, 7) is 0.161. The summed E-state index contributed by atoms with van der Waals surface area (Å²) >= 11 is 0. The number of aryl methyl sites for hydroxylation is 1. The molecule has 6 nitrogen and oxygen atoms in total. The number of rotatable bonds is 5. The Morgan fingerprint density at radius 2 is 2.03 bits per heavy atom. The molecule has 4 aromatic rings. The van der Waals surface area contributed by atoms with Gasteiger partial charge in [0.15, 0.2) is 0 Å². The van der Waals surface area contributed by atoms with Crippen LogP contribution in [0.3, 0.4) is 0 Å². The van der Waals surface area contributed by atoms with Crippen molar-refractivity contribution in [3.05, 3.63) is 82.5 Å². The van der Waals surface area contributed by atoms with Gasteiger partial charge in [0.05, 0.1) is 28.6 Å². The van der Waals surface area contributed by atoms with E-state index in [1.165, 1.54) is 25.0 Å². The van der Waals surface area contributed by atoms with Crippen LogP contribution in [0.5, 0.6) is 5.75 Å². The summed E-state index contributed by atoms with van der Waals surface area (Å²) in [6, 6.07) is 11.9. The van der Waals surface area contributed by atoms with Gasteiger partial charge in [0, 0.05) is 25.2 Å². The van der Waals surface area contributed by atoms with Gasteiger partial charge in [-0.3, -0.25) is 14.3 Å². The number of fused-ring (bicyclic) bond motifs is 1. The molecule has 5 rings (SSSR count). The third kappa shape index (κ3) is 3.40. The van der Waals surface area contributed by atoms with Crippen molar-refractivity contribution in [2.45, 2.75) is 25.4 Å². The van der Waals surface area contributed by atoms with Gasteiger partial charge in [0.25, 0.3) is 5.56 Å². The van der Waals surface area contributed by atoms with Crippen molar-refractivity contribution in [2.24, 2.45) is 7.05 Å². The number of hydrogen-bond acceptors (Lipinski definition) is 4. The minimum absolute atomic E-state index is 0.161. The Kier molecular flexibility index (Phi) is 4.16. The van der Waals surface area contributed by atoms with E-state index >= 15 is 0 Å². The van der Waals surface area contributed by atoms with Crippen LogP contribution in [-0.2, 0) is 13.7 Å². The van der Waals surface area contributed by atoms with Crippen LogP contribution in [0.1, 0.15) is 30.3 Å². The summed E-state index contributed by atoms with van der Waals surface area (Å²) < 4.78 is 22.2. The molecule has 1 aliphatic rings. The second kappa shape index (κ2) is 6.84. The van der Waals surface area contributed by atoms with Crippen molar-refractivity contribution in [1.29, 1.82) is 0 Å². The lowest BCUT2D eigenvalue weighted by atomic mass is 10.2. The summed E-state index contributed by atoms with van der Waals surface area (Å²) in [4.78, 5) is 21.3. The van der Waals surface area contributed by atoms with Gasteiger partial charge in [-0.25, -0.2) is 9.37 Å². The molecule has 0 spiro atoms. The average molecular weight is 390 g/mol. The van der Waals surface area contributed by atoms with E-state index in [-0.39, 0.29) is 12.2 Å². The van der Waals surface area contributed by atoms with E-state index in [0.29, 0.717) is 17.4 Å². The van der Waals surface area contributed by atoms with Gasteiger partial charge >= 0.3 is 0 Å². The number of halogens is 1. The Balaban J connectivity index is 1.40. The fourth-order valence-corrected chi connectivity index (χ4v) is 3.47. The van der Waals surface area contributed by atoms with E-state index in [9.17, 15) is 9.18 Å². The first kappa shape index (κ1) is 17.6. The molecule has 0 saturated heterocycles. The van der Waals surface area contributed by atoms with E-state index in [1.807, 2.05) is 25.2 Å². The second-order valence-electron chi connectivity index (χ2n) is 7.30. The number of ether oxygens (including phenoxy) is 1. The van der Waals surface area contributed by atoms with Gasteiger partial charge in [-0.05, 0) is 49.2 Å². The summed E-state index contributed by atoms with van der Waals surface area (Å²) in [5, 5.41) is 0. The number of benzene rings is 1. The van der Waals surface area contributed by atoms with Crippen LogP contribution in [0.2, 0.25) is 0 Å². The zero-order valence-electron chi connectivity index (χ0n) is 15.9. The quantitative estimate of drug-likeness (QED) is 0.521. The minimum atomic E-state index is -0.397. The van der Waals surface area contributed by atoms with Crippen LogP contribution in [0.15, 0.2) is 59.7 Å². The third-order valence-corrected chi connectivity index (χ3v) is 5.19. The lowest BCUT2D eigenvalue weighted by Gasteiger charge is -2.09. The molecule has 0 aliphatic heterocycles. The SMILES string of the molecule is Cn1c(C2CC2)nc2ccc(-n3ccc(OCc4ccc(F)cn4)cc3=O)cc21. The van der Waals surface area contributed by atoms with Gasteiger partial charge in [-0.1, -0.05) is 0 Å². The standard InChI is InChI=1S/C22H19FN4O2/c1-26-20-10-17(6-7-19(20)25-22(26)14-2-3-14)27-9-8-18(11-21(27)28)29-13-16-5-4-15(23)12-24-16/h4-12,14H,2-3,13H2,1H3. The Bertz CT molecular complexity index is 1260. The predicted molar refractivity (Wildman–Crippen MR) is 107 cm³/mol. The van der Waals surface area contributed by atoms with E-state index < -0.39 is 5.82 Å². The number of imidazole rings is 1. The lowest BCUT2D eigenvalue weighted by Crippen LogP contribution is -2.16. The van der Waals surface area contributed by atoms with Crippen molar-refractivity contribution in [2.75, 3.05) is 0 Å². The molecule has 7 heteroatoms. The molecular formula is C22H19FN4O2. The van der Waals surface area contributed by atoms with Crippen LogP contribution < -0.4 is 10.3 Å². The first-order chi connectivity index (χ1) is 14.1. The molecule has 0 bridgehead atoms. The molecule has 3 heterocycles. The highest BCUT2D eigenvalue weighted by atomic mass is 19.1. The van der Waals surface area contributed by atoms with Crippen molar-refractivity contribution in [3.8, 4) is 11.4 Å². The summed E-state index contributed by atoms with van der Waals surface area (Å²) in [7, 11) is 2.02. The number of pyridine rings is 2. The molecule has 0 N–H and O–H groups in total. The van der Waals surface area contributed by atoms with Crippen LogP contribution in [0.4, 0.5) is 4.39 Å². The molecule has 1 fully saturated rings. The Labute approximate surface area is 166 Å². The molecule has 0 radical (unpaired) electrons. The molecule has 1 aromatic carbocycles. The maximum Gasteiger partial charge on any atom is 0.258 e. The molecule has 1 saturated carbocycles. The van der Waals surface area contributed by atoms with E-state index in [0.717, 1.165) is 28.7 Å². The monoisotopic (exact) mass is 390 g/mol. The van der Waals surface area contributed by atoms with Crippen molar-refractivity contribution in [3.63, 3.8) is 0 Å². The third-order valence-electron chi connectivity index (χ3n) is 5.19. The summed E-state index contributed by atoms with van der Waals surface area (Å²) in [6.07, 6.45) is 5.21. The lowest BCUT2D eigenvalue weighted by molar-refractivity contribution is 0.300. The fourth-order valence-electron chi connectivity index (χ4n) is 3.47. The van der Waals surface area contributed by atoms with Gasteiger partial charge in [-0.15, -0.1) is 0 Å². The van der Waals surface area contributed by atoms with Gasteiger partial charge in [0.2, 0.25) is 0 Å². The number of aromatic nitrogens is 4. The molecule has 0 atom stereocenters. The van der Waals surface area contributed by atoms with E-state index in [1.54, 1.807) is 22.9 Å². The Morgan fingerprint density at radius 1 is 1.17 bits per heavy atom. The van der Waals surface area contributed by atoms with Crippen LogP contribution >= 0.6 is 0 Å². The van der Waals surface area contributed by atoms with Crippen LogP contribution in [0.25, 0.3) is 16.7 Å². The summed E-state index contributed by atoms with van der Waals surface area (Å²) in [5.41, 5.74) is 3.12. The molecule has 1 aliphatic carbocycles. The minimum Gasteiger partial charge on any atom is -0.487 e. The fraction of sp³-hybridized carbons (Fsp3) is 0.227. The maximum atomic E-state index is 12.9. The van der Waals surface area contributed by atoms with E-state index in [4.69, 9.17) is 9.72 Å². The van der Waals surface area contributed by atoms with Crippen molar-refractivity contribution >= 4 is 11.0 Å². The normalized spacial score (nSPS) is 13.7. The Morgan fingerprint density at radius 3 is 2.76 bits per heavy atom. The van der Waals surface area contributed by atoms with Crippen LogP contribution in [-0.4, -0.2) is 19.1 Å². The van der Waals surface area contributed by atoms with Crippen LogP contribution in [0, 0.1) is 5.82 Å². The van der Waals surface area contributed by atoms with Gasteiger partial charge in [-0.2, -0.15) is 0 Å². The molecule has 0 unspecified atom stereocenters. The largest absolute Gasteiger partial charge is 0.487 e. The Hall–Kier alpha value is -3.48. The molecule has 29 heavy (non-hydrogen) atoms. The number of nitrogens with zero attached hydrogens (tertiary/aromatic N) is 4. The first-order valence-corrected chi connectivity index (χ1v) is 9.51. The van der Waals surface area contributed by atoms with E-state index in [2.05, 4.69) is 9.55 Å². The maximum absolute atomic E-state index is 12.9. The zero-order valence-corrected chi connectivity index (χ0v) is 15.9. The molecular weight excluding hydrogens is 371 g/mol. The molecule has 3 aromatic heterocycles. The number of hydrogen-bond donors (Lipinski definition) is 0. The highest BCUT2D eigenvalue weighted by molar-refractivity contribution is 5.78. The highest BCUT2D eigenvalue weighted by Crippen LogP contribution is 2.40. The molecule has 0 amide bonds. The first-order valence-electron chi connectivity index (χ1n) is 9.51. The second-order valence-corrected chi connectivity index (χ2v) is 7.30. The average Bonchev–Trinajstić information content (AvgIpc) is 3.52. The smallest absolute Gasteiger partial charge is 0.258 e. The molecule has 146 valence electrons. The highest BCUT2D eigenvalue weighted by Gasteiger charge is 2.28.